The Morgan fingerprint density at radius 1 is 1.31 bits per heavy atom. The third-order valence-electron chi connectivity index (χ3n) is 2.29. The topological polar surface area (TPSA) is 38.9 Å². The van der Waals surface area contributed by atoms with Gasteiger partial charge >= 0.3 is 0 Å². The predicted octanol–water partition coefficient (Wildman–Crippen LogP) is 3.26. The maximum Gasteiger partial charge on any atom is 0.0452 e. The number of aryl methyl sites for hydroxylation is 1. The molecule has 0 bridgehead atoms. The molecule has 0 spiro atoms. The summed E-state index contributed by atoms with van der Waals surface area (Å²) in [6, 6.07) is 10.1. The maximum atomic E-state index is 5.92. The standard InChI is InChI=1S/C13H14N2S/c1-10-4-5-12(14)13(7-10)16-9-11-3-2-6-15-8-11/h2-8H,9,14H2,1H3. The fourth-order valence-corrected chi connectivity index (χ4v) is 2.41. The summed E-state index contributed by atoms with van der Waals surface area (Å²) in [7, 11) is 0. The molecule has 3 heteroatoms. The molecule has 2 N–H and O–H groups in total. The highest BCUT2D eigenvalue weighted by Gasteiger charge is 2.01. The van der Waals surface area contributed by atoms with Crippen molar-refractivity contribution in [1.82, 2.24) is 4.98 Å². The fraction of sp³-hybridized carbons (Fsp3) is 0.154. The van der Waals surface area contributed by atoms with Gasteiger partial charge in [0.2, 0.25) is 0 Å². The highest BCUT2D eigenvalue weighted by Crippen LogP contribution is 2.28. The summed E-state index contributed by atoms with van der Waals surface area (Å²) in [5, 5.41) is 0. The van der Waals surface area contributed by atoms with Gasteiger partial charge in [-0.05, 0) is 36.2 Å². The first kappa shape index (κ1) is 11.0. The molecule has 2 aromatic rings. The van der Waals surface area contributed by atoms with E-state index < -0.39 is 0 Å². The van der Waals surface area contributed by atoms with Crippen molar-refractivity contribution >= 4 is 17.4 Å². The van der Waals surface area contributed by atoms with Crippen LogP contribution in [0.5, 0.6) is 0 Å². The second-order valence-corrected chi connectivity index (χ2v) is 4.71. The minimum atomic E-state index is 0.847. The zero-order valence-corrected chi connectivity index (χ0v) is 10.00. The molecule has 1 heterocycles. The van der Waals surface area contributed by atoms with Crippen LogP contribution in [0.15, 0.2) is 47.6 Å². The van der Waals surface area contributed by atoms with E-state index in [2.05, 4.69) is 24.0 Å². The molecule has 0 aliphatic rings. The summed E-state index contributed by atoms with van der Waals surface area (Å²) in [5.41, 5.74) is 9.22. The van der Waals surface area contributed by atoms with Crippen LogP contribution in [-0.4, -0.2) is 4.98 Å². The van der Waals surface area contributed by atoms with Crippen LogP contribution in [0.2, 0.25) is 0 Å². The fourth-order valence-electron chi connectivity index (χ4n) is 1.41. The second kappa shape index (κ2) is 5.03. The smallest absolute Gasteiger partial charge is 0.0452 e. The van der Waals surface area contributed by atoms with E-state index in [9.17, 15) is 0 Å². The van der Waals surface area contributed by atoms with Crippen LogP contribution < -0.4 is 5.73 Å². The lowest BCUT2D eigenvalue weighted by Gasteiger charge is -2.06. The van der Waals surface area contributed by atoms with E-state index in [1.165, 1.54) is 11.1 Å². The van der Waals surface area contributed by atoms with Crippen molar-refractivity contribution in [2.24, 2.45) is 0 Å². The number of nitrogens with two attached hydrogens (primary N) is 1. The number of hydrogen-bond donors (Lipinski definition) is 1. The van der Waals surface area contributed by atoms with Crippen molar-refractivity contribution < 1.29 is 0 Å². The molecular weight excluding hydrogens is 216 g/mol. The molecule has 0 atom stereocenters. The number of pyridine rings is 1. The summed E-state index contributed by atoms with van der Waals surface area (Å²) in [5.74, 6) is 0.904. The van der Waals surface area contributed by atoms with E-state index in [4.69, 9.17) is 5.73 Å². The van der Waals surface area contributed by atoms with Crippen LogP contribution in [0.25, 0.3) is 0 Å². The normalized spacial score (nSPS) is 10.3. The van der Waals surface area contributed by atoms with Gasteiger partial charge in [-0.2, -0.15) is 0 Å². The molecule has 16 heavy (non-hydrogen) atoms. The quantitative estimate of drug-likeness (QED) is 0.649. The Kier molecular flexibility index (Phi) is 3.47. The lowest BCUT2D eigenvalue weighted by atomic mass is 10.2. The average Bonchev–Trinajstić information content (AvgIpc) is 2.32. The summed E-state index contributed by atoms with van der Waals surface area (Å²) in [6.45, 7) is 2.08. The van der Waals surface area contributed by atoms with Crippen LogP contribution in [0.3, 0.4) is 0 Å². The van der Waals surface area contributed by atoms with Gasteiger partial charge in [-0.1, -0.05) is 12.1 Å². The number of aromatic nitrogens is 1. The lowest BCUT2D eigenvalue weighted by molar-refractivity contribution is 1.25. The van der Waals surface area contributed by atoms with E-state index in [0.29, 0.717) is 0 Å². The summed E-state index contributed by atoms with van der Waals surface area (Å²) >= 11 is 1.75. The van der Waals surface area contributed by atoms with Crippen molar-refractivity contribution in [3.8, 4) is 0 Å². The number of benzene rings is 1. The molecule has 82 valence electrons. The average molecular weight is 230 g/mol. The Morgan fingerprint density at radius 3 is 2.94 bits per heavy atom. The number of rotatable bonds is 3. The highest BCUT2D eigenvalue weighted by atomic mass is 32.2. The van der Waals surface area contributed by atoms with E-state index in [-0.39, 0.29) is 0 Å². The van der Waals surface area contributed by atoms with Crippen LogP contribution in [-0.2, 0) is 5.75 Å². The highest BCUT2D eigenvalue weighted by molar-refractivity contribution is 7.98. The number of thioether (sulfide) groups is 1. The zero-order chi connectivity index (χ0) is 11.4. The van der Waals surface area contributed by atoms with Crippen LogP contribution in [0, 0.1) is 6.92 Å². The monoisotopic (exact) mass is 230 g/mol. The van der Waals surface area contributed by atoms with E-state index in [1.54, 1.807) is 18.0 Å². The van der Waals surface area contributed by atoms with Gasteiger partial charge in [-0.15, -0.1) is 11.8 Å². The van der Waals surface area contributed by atoms with Gasteiger partial charge in [0.1, 0.15) is 0 Å². The van der Waals surface area contributed by atoms with Gasteiger partial charge in [0.15, 0.2) is 0 Å². The number of nitrogens with zero attached hydrogens (tertiary/aromatic N) is 1. The summed E-state index contributed by atoms with van der Waals surface area (Å²) in [4.78, 5) is 5.23. The van der Waals surface area contributed by atoms with Crippen LogP contribution in [0.4, 0.5) is 5.69 Å². The zero-order valence-electron chi connectivity index (χ0n) is 9.18. The number of anilines is 1. The van der Waals surface area contributed by atoms with E-state index in [1.807, 2.05) is 24.4 Å². The number of nitrogen functional groups attached to an aromatic ring is 1. The van der Waals surface area contributed by atoms with Crippen molar-refractivity contribution in [3.05, 3.63) is 53.9 Å². The number of hydrogen-bond acceptors (Lipinski definition) is 3. The molecule has 2 rings (SSSR count). The van der Waals surface area contributed by atoms with Crippen molar-refractivity contribution in [2.45, 2.75) is 17.6 Å². The lowest BCUT2D eigenvalue weighted by Crippen LogP contribution is -1.90. The maximum absolute atomic E-state index is 5.92. The first-order chi connectivity index (χ1) is 7.75. The molecule has 0 unspecified atom stereocenters. The summed E-state index contributed by atoms with van der Waals surface area (Å²) in [6.07, 6.45) is 3.67. The van der Waals surface area contributed by atoms with Gasteiger partial charge in [0, 0.05) is 28.7 Å². The molecule has 1 aromatic carbocycles. The molecular formula is C13H14N2S. The SMILES string of the molecule is Cc1ccc(N)c(SCc2cccnc2)c1. The Hall–Kier alpha value is -1.48. The van der Waals surface area contributed by atoms with Crippen molar-refractivity contribution in [3.63, 3.8) is 0 Å². The van der Waals surface area contributed by atoms with Gasteiger partial charge in [-0.3, -0.25) is 4.98 Å². The summed E-state index contributed by atoms with van der Waals surface area (Å²) < 4.78 is 0. The Balaban J connectivity index is 2.08. The predicted molar refractivity (Wildman–Crippen MR) is 69.4 cm³/mol. The minimum absolute atomic E-state index is 0.847. The van der Waals surface area contributed by atoms with Crippen LogP contribution in [0.1, 0.15) is 11.1 Å². The van der Waals surface area contributed by atoms with Gasteiger partial charge in [0.25, 0.3) is 0 Å². The van der Waals surface area contributed by atoms with Crippen LogP contribution >= 0.6 is 11.8 Å². The van der Waals surface area contributed by atoms with Gasteiger partial charge in [0.05, 0.1) is 0 Å². The van der Waals surface area contributed by atoms with E-state index in [0.717, 1.165) is 16.3 Å². The Bertz CT molecular complexity index is 469. The molecule has 2 nitrogen and oxygen atoms in total. The molecule has 0 saturated carbocycles. The molecule has 0 fully saturated rings. The largest absolute Gasteiger partial charge is 0.398 e. The first-order valence-electron chi connectivity index (χ1n) is 5.13. The molecule has 1 aromatic heterocycles. The molecule has 0 aliphatic carbocycles. The molecule has 0 radical (unpaired) electrons. The Morgan fingerprint density at radius 2 is 2.19 bits per heavy atom. The van der Waals surface area contributed by atoms with Crippen molar-refractivity contribution in [1.29, 1.82) is 0 Å². The third-order valence-corrected chi connectivity index (χ3v) is 3.43. The van der Waals surface area contributed by atoms with Crippen molar-refractivity contribution in [2.75, 3.05) is 5.73 Å². The third kappa shape index (κ3) is 2.76. The van der Waals surface area contributed by atoms with E-state index >= 15 is 0 Å². The van der Waals surface area contributed by atoms with Gasteiger partial charge < -0.3 is 5.73 Å². The molecule has 0 amide bonds. The molecule has 0 saturated heterocycles. The van der Waals surface area contributed by atoms with Gasteiger partial charge in [-0.25, -0.2) is 0 Å². The molecule has 0 aliphatic heterocycles. The first-order valence-corrected chi connectivity index (χ1v) is 6.12. The Labute approximate surface area is 99.9 Å². The minimum Gasteiger partial charge on any atom is -0.398 e. The second-order valence-electron chi connectivity index (χ2n) is 3.69.